The van der Waals surface area contributed by atoms with Crippen molar-refractivity contribution in [2.24, 2.45) is 11.1 Å². The van der Waals surface area contributed by atoms with E-state index < -0.39 is 64.6 Å². The zero-order valence-corrected chi connectivity index (χ0v) is 27.6. The summed E-state index contributed by atoms with van der Waals surface area (Å²) in [5.74, 6) is -4.07. The molecule has 0 bridgehead atoms. The molecule has 2 amide bonds. The molecule has 2 aromatic carbocycles. The Kier molecular flexibility index (Phi) is 15.7. The van der Waals surface area contributed by atoms with Crippen molar-refractivity contribution < 1.29 is 42.5 Å². The molecule has 0 aliphatic heterocycles. The second-order valence-corrected chi connectivity index (χ2v) is 16.3. The number of phenolic OH excluding ortho intramolecular Hbond substituents is 1. The maximum absolute atomic E-state index is 14.3. The van der Waals surface area contributed by atoms with E-state index in [-0.39, 0.29) is 56.7 Å². The number of aromatic hydroxyl groups is 1. The van der Waals surface area contributed by atoms with E-state index in [1.165, 1.54) is 12.1 Å². The van der Waals surface area contributed by atoms with E-state index in [9.17, 15) is 42.5 Å². The summed E-state index contributed by atoms with van der Waals surface area (Å²) in [5.41, 5.74) is 5.40. The number of aliphatic carboxylic acids is 1. The van der Waals surface area contributed by atoms with Crippen LogP contribution in [0.2, 0.25) is 0 Å². The topological polar surface area (TPSA) is 225 Å². The van der Waals surface area contributed by atoms with Crippen LogP contribution in [0.3, 0.4) is 0 Å². The number of carbonyl (C=O) groups is 3. The molecule has 0 saturated heterocycles. The predicted molar refractivity (Wildman–Crippen MR) is 181 cm³/mol. The minimum absolute atomic E-state index is 0. The zero-order valence-electron chi connectivity index (χ0n) is 25.9. The van der Waals surface area contributed by atoms with Crippen LogP contribution < -0.4 is 21.1 Å². The molecular weight excluding hydrogens is 642 g/mol. The number of carboxylic acids is 1. The summed E-state index contributed by atoms with van der Waals surface area (Å²) >= 11 is 0. The molecule has 13 nitrogen and oxygen atoms in total. The summed E-state index contributed by atoms with van der Waals surface area (Å²) < 4.78 is 40.7. The average molecular weight is 689 g/mol. The molecule has 0 heterocycles. The van der Waals surface area contributed by atoms with Crippen molar-refractivity contribution in [2.75, 3.05) is 19.0 Å². The van der Waals surface area contributed by atoms with Crippen LogP contribution in [-0.4, -0.2) is 97.0 Å². The molecule has 0 spiro atoms. The first-order valence-electron chi connectivity index (χ1n) is 15.3. The van der Waals surface area contributed by atoms with E-state index in [2.05, 4.69) is 15.4 Å². The number of hydrogen-bond acceptors (Lipinski definition) is 8. The molecule has 47 heavy (non-hydrogen) atoms. The summed E-state index contributed by atoms with van der Waals surface area (Å²) in [5, 5.41) is 24.6. The van der Waals surface area contributed by atoms with Crippen molar-refractivity contribution >= 4 is 54.0 Å². The maximum atomic E-state index is 14.3. The molecule has 16 heteroatoms. The molecule has 1 unspecified atom stereocenters. The molecule has 4 atom stereocenters. The van der Waals surface area contributed by atoms with E-state index in [0.29, 0.717) is 43.4 Å². The minimum atomic E-state index is -4.42. The van der Waals surface area contributed by atoms with Crippen LogP contribution in [0.25, 0.3) is 0 Å². The average Bonchev–Trinajstić information content (AvgIpc) is 3.46. The van der Waals surface area contributed by atoms with Gasteiger partial charge in [-0.1, -0.05) is 61.7 Å². The number of carboxylic acid groups (broad SMARTS) is 1. The summed E-state index contributed by atoms with van der Waals surface area (Å²) in [7, 11) is -8.22. The van der Waals surface area contributed by atoms with Crippen LogP contribution in [0.15, 0.2) is 54.6 Å². The van der Waals surface area contributed by atoms with Gasteiger partial charge in [0.15, 0.2) is 0 Å². The number of unbranched alkanes of at least 4 members (excludes halogenated alkanes) is 1. The van der Waals surface area contributed by atoms with Gasteiger partial charge in [0.1, 0.15) is 23.6 Å². The number of carbonyl (C=O) groups excluding carboxylic acids is 2. The third-order valence-corrected chi connectivity index (χ3v) is 11.3. The third-order valence-electron chi connectivity index (χ3n) is 8.24. The first-order valence-corrected chi connectivity index (χ1v) is 19.1. The second-order valence-electron chi connectivity index (χ2n) is 12.1. The quantitative estimate of drug-likeness (QED) is 0.0677. The monoisotopic (exact) mass is 688 g/mol. The van der Waals surface area contributed by atoms with Crippen LogP contribution in [0.1, 0.15) is 56.1 Å². The van der Waals surface area contributed by atoms with Gasteiger partial charge in [-0.05, 0) is 55.5 Å². The van der Waals surface area contributed by atoms with Crippen molar-refractivity contribution in [3.63, 3.8) is 0 Å². The van der Waals surface area contributed by atoms with E-state index >= 15 is 0 Å². The number of benzene rings is 2. The standard InChI is InChI=1S/C31H45N4O9PS.Li.H/c1-46(43,44)35-25(11-5-8-18-32)28(37)34-27(20-22-9-3-2-4-10-22)45(41,42)21-31(16-6-7-17-31)30(40)33-26(29(38)39)19-23-12-14-24(36)15-13-23;;/h2-4,9-10,12-15,25-27,35-36H,5-8,11,16-21,32H2,1H3,(H,33,40)(H,34,37)(H,38,39)(H,41,42);;/t25-,26-,27+;;/m0../s1. The molecule has 1 aliphatic rings. The second kappa shape index (κ2) is 18.2. The van der Waals surface area contributed by atoms with Gasteiger partial charge in [0.2, 0.25) is 29.2 Å². The van der Waals surface area contributed by atoms with E-state index in [4.69, 9.17) is 5.73 Å². The van der Waals surface area contributed by atoms with Crippen molar-refractivity contribution in [3.8, 4) is 5.75 Å². The summed E-state index contributed by atoms with van der Waals surface area (Å²) in [6.45, 7) is 0.345. The molecule has 1 fully saturated rings. The Hall–Kier alpha value is -2.69. The normalized spacial score (nSPS) is 17.3. The molecule has 256 valence electrons. The van der Waals surface area contributed by atoms with Crippen LogP contribution in [0, 0.1) is 5.41 Å². The Bertz CT molecular complexity index is 1490. The van der Waals surface area contributed by atoms with Crippen LogP contribution in [0.5, 0.6) is 5.75 Å². The molecule has 8 N–H and O–H groups in total. The van der Waals surface area contributed by atoms with Gasteiger partial charge < -0.3 is 31.5 Å². The first-order chi connectivity index (χ1) is 21.6. The first kappa shape index (κ1) is 40.5. The summed E-state index contributed by atoms with van der Waals surface area (Å²) in [6, 6.07) is 12.1. The fourth-order valence-electron chi connectivity index (χ4n) is 5.82. The fourth-order valence-corrected chi connectivity index (χ4v) is 8.94. The van der Waals surface area contributed by atoms with Crippen molar-refractivity contribution in [3.05, 3.63) is 65.7 Å². The van der Waals surface area contributed by atoms with Crippen molar-refractivity contribution in [1.29, 1.82) is 0 Å². The van der Waals surface area contributed by atoms with E-state index in [1.54, 1.807) is 42.5 Å². The molecule has 2 aromatic rings. The molecule has 0 radical (unpaired) electrons. The van der Waals surface area contributed by atoms with Gasteiger partial charge in [0, 0.05) is 19.0 Å². The Balaban J connectivity index is 0.00000768. The number of hydrogen-bond donors (Lipinski definition) is 7. The van der Waals surface area contributed by atoms with Crippen molar-refractivity contribution in [2.45, 2.75) is 75.7 Å². The predicted octanol–water partition coefficient (Wildman–Crippen LogP) is 1.42. The number of sulfonamides is 1. The molecule has 1 saturated carbocycles. The summed E-state index contributed by atoms with van der Waals surface area (Å²) in [4.78, 5) is 51.1. The van der Waals surface area contributed by atoms with Gasteiger partial charge >= 0.3 is 24.8 Å². The van der Waals surface area contributed by atoms with Crippen molar-refractivity contribution in [1.82, 2.24) is 15.4 Å². The van der Waals surface area contributed by atoms with Crippen LogP contribution >= 0.6 is 7.37 Å². The summed E-state index contributed by atoms with van der Waals surface area (Å²) in [6.07, 6.45) is 3.05. The number of rotatable bonds is 18. The van der Waals surface area contributed by atoms with Gasteiger partial charge in [-0.3, -0.25) is 14.2 Å². The van der Waals surface area contributed by atoms with E-state index in [0.717, 1.165) is 6.26 Å². The molecule has 3 rings (SSSR count). The van der Waals surface area contributed by atoms with Gasteiger partial charge in [-0.25, -0.2) is 17.9 Å². The number of phenols is 1. The molecule has 1 aliphatic carbocycles. The van der Waals surface area contributed by atoms with Crippen LogP contribution in [0.4, 0.5) is 0 Å². The Morgan fingerprint density at radius 1 is 0.936 bits per heavy atom. The fraction of sp³-hybridized carbons (Fsp3) is 0.516. The Morgan fingerprint density at radius 3 is 2.09 bits per heavy atom. The zero-order chi connectivity index (χ0) is 34.0. The number of nitrogens with one attached hydrogen (secondary N) is 3. The number of nitrogens with two attached hydrogens (primary N) is 1. The molecule has 0 aromatic heterocycles. The SMILES string of the molecule is CS(=O)(=O)N[C@@H](CCCCN)C(=O)N[C@@H](Cc1ccccc1)P(=O)(O)CC1(C(=O)N[C@@H](Cc2ccc(O)cc2)C(=O)O)CCCC1.[LiH]. The molecular formula is C31H46LiN4O9PS. The third kappa shape index (κ3) is 12.7. The van der Waals surface area contributed by atoms with Gasteiger partial charge in [0.25, 0.3) is 0 Å². The van der Waals surface area contributed by atoms with E-state index in [1.807, 2.05) is 0 Å². The Labute approximate surface area is 288 Å². The van der Waals surface area contributed by atoms with Crippen LogP contribution in [-0.2, 0) is 41.8 Å². The van der Waals surface area contributed by atoms with Gasteiger partial charge in [0.05, 0.1) is 11.7 Å². The van der Waals surface area contributed by atoms with Gasteiger partial charge in [-0.15, -0.1) is 0 Å². The Morgan fingerprint density at radius 2 is 1.53 bits per heavy atom. The van der Waals surface area contributed by atoms with Gasteiger partial charge in [-0.2, -0.15) is 0 Å². The number of amides is 2.